The largest absolute Gasteiger partial charge is 0.422 e. The molecule has 0 aromatic rings. The van der Waals surface area contributed by atoms with Gasteiger partial charge >= 0.3 is 5.09 Å². The maximum absolute atomic E-state index is 9.19. The minimum Gasteiger partial charge on any atom is -0.174 e. The molecule has 0 aliphatic carbocycles. The Morgan fingerprint density at radius 3 is 1.75 bits per heavy atom. The zero-order valence-electron chi connectivity index (χ0n) is 3.27. The van der Waals surface area contributed by atoms with Gasteiger partial charge in [-0.1, -0.05) is 10.1 Å². The van der Waals surface area contributed by atoms with Crippen molar-refractivity contribution in [3.63, 3.8) is 0 Å². The smallest absolute Gasteiger partial charge is 0.174 e. The minimum absolute atomic E-state index is 1.70. The van der Waals surface area contributed by atoms with Crippen molar-refractivity contribution in [3.05, 3.63) is 10.1 Å². The van der Waals surface area contributed by atoms with Gasteiger partial charge in [0.25, 0.3) is 0 Å². The fraction of sp³-hybridized carbons (Fsp3) is 0. The summed E-state index contributed by atoms with van der Waals surface area (Å²) in [6.07, 6.45) is 0. The summed E-state index contributed by atoms with van der Waals surface area (Å²) >= 11 is 0. The van der Waals surface area contributed by atoms with Crippen LogP contribution < -0.4 is 14.0 Å². The predicted molar refractivity (Wildman–Crippen MR) is 8.08 cm³/mol. The van der Waals surface area contributed by atoms with Gasteiger partial charge in [0.1, 0.15) is 4.39 Å². The summed E-state index contributed by atoms with van der Waals surface area (Å²) in [6, 6.07) is 0. The summed E-state index contributed by atoms with van der Waals surface area (Å²) in [5.74, 6) is 0. The molecule has 0 N–H and O–H groups in total. The lowest BCUT2D eigenvalue weighted by molar-refractivity contribution is -1.94. The summed E-state index contributed by atoms with van der Waals surface area (Å²) in [7, 11) is -4.92. The van der Waals surface area contributed by atoms with E-state index < -0.39 is 15.3 Å². The molecule has 0 atom stereocenters. The lowest BCUT2D eigenvalue weighted by Crippen LogP contribution is -2.61. The van der Waals surface area contributed by atoms with Gasteiger partial charge in [0, 0.05) is 0 Å². The van der Waals surface area contributed by atoms with Crippen LogP contribution in [-0.2, 0) is 4.39 Å². The molecule has 0 aliphatic rings. The first kappa shape index (κ1) is 7.37. The Morgan fingerprint density at radius 1 is 1.38 bits per heavy atom. The van der Waals surface area contributed by atoms with E-state index in [2.05, 4.69) is 4.39 Å². The summed E-state index contributed by atoms with van der Waals surface area (Å²) in [5.41, 5.74) is 0. The highest BCUT2D eigenvalue weighted by Gasteiger charge is 2.23. The van der Waals surface area contributed by atoms with Crippen LogP contribution in [0.4, 0.5) is 0 Å². The van der Waals surface area contributed by atoms with Crippen LogP contribution in [0.25, 0.3) is 0 Å². The van der Waals surface area contributed by atoms with Crippen LogP contribution in [0.3, 0.4) is 0 Å². The van der Waals surface area contributed by atoms with Gasteiger partial charge in [0.05, 0.1) is 0 Å². The van der Waals surface area contributed by atoms with Gasteiger partial charge in [0.15, 0.2) is 10.2 Å². The van der Waals surface area contributed by atoms with Crippen LogP contribution in [0.2, 0.25) is 0 Å². The maximum Gasteiger partial charge on any atom is 0.422 e. The number of hydrogen-bond acceptors (Lipinski definition) is 6. The topological polar surface area (TPSA) is 122 Å². The van der Waals surface area contributed by atoms with E-state index in [9.17, 15) is 14.0 Å². The molecule has 0 radical (unpaired) electrons. The highest BCUT2D eigenvalue weighted by atomic mass is 35.7. The fourth-order valence-corrected chi connectivity index (χ4v) is 0.207. The zero-order chi connectivity index (χ0) is 6.78. The average molecular weight is 145 g/mol. The van der Waals surface area contributed by atoms with Crippen molar-refractivity contribution < 1.29 is 33.7 Å². The third-order valence-corrected chi connectivity index (χ3v) is 0.423. The molecule has 0 unspecified atom stereocenters. The molecule has 0 rings (SSSR count). The van der Waals surface area contributed by atoms with Gasteiger partial charge in [-0.3, -0.25) is 0 Å². The molecule has 8 heavy (non-hydrogen) atoms. The second-order valence-corrected chi connectivity index (χ2v) is 1.56. The van der Waals surface area contributed by atoms with Crippen LogP contribution in [0, 0.1) is 20.4 Å². The molecule has 0 heterocycles. The molecular formula is ClNO6. The van der Waals surface area contributed by atoms with Gasteiger partial charge in [-0.25, -0.2) is 0 Å². The maximum atomic E-state index is 9.19. The van der Waals surface area contributed by atoms with E-state index in [0.717, 1.165) is 0 Å². The van der Waals surface area contributed by atoms with Crippen LogP contribution in [0.1, 0.15) is 0 Å². The number of halogens is 1. The number of rotatable bonds is 2. The molecular weight excluding hydrogens is 145 g/mol. The number of hydrogen-bond donors (Lipinski definition) is 0. The van der Waals surface area contributed by atoms with Crippen LogP contribution >= 0.6 is 0 Å². The zero-order valence-corrected chi connectivity index (χ0v) is 4.03. The molecule has 0 fully saturated rings. The van der Waals surface area contributed by atoms with Crippen molar-refractivity contribution in [2.45, 2.75) is 0 Å². The molecule has 0 aromatic carbocycles. The Labute approximate surface area is 44.9 Å². The predicted octanol–water partition coefficient (Wildman–Crippen LogP) is -3.91. The fourth-order valence-electron chi connectivity index (χ4n) is 0.0690. The number of nitrogens with zero attached hydrogens (tertiary/aromatic N) is 1. The van der Waals surface area contributed by atoms with Crippen molar-refractivity contribution in [2.75, 3.05) is 0 Å². The third-order valence-electron chi connectivity index (χ3n) is 0.141. The second-order valence-electron chi connectivity index (χ2n) is 0.671. The van der Waals surface area contributed by atoms with E-state index in [1.807, 2.05) is 0 Å². The normalized spacial score (nSPS) is 10.9. The van der Waals surface area contributed by atoms with E-state index in [0.29, 0.717) is 0 Å². The standard InChI is InChI=1S/ClNO6/c3-1(4,5)8-2(6)7. The molecule has 0 aromatic heterocycles. The van der Waals surface area contributed by atoms with E-state index in [4.69, 9.17) is 10.1 Å². The van der Waals surface area contributed by atoms with Gasteiger partial charge in [-0.05, 0) is 0 Å². The summed E-state index contributed by atoms with van der Waals surface area (Å²) < 4.78 is 30.1. The van der Waals surface area contributed by atoms with Crippen molar-refractivity contribution in [2.24, 2.45) is 0 Å². The van der Waals surface area contributed by atoms with E-state index in [1.165, 1.54) is 0 Å². The lowest BCUT2D eigenvalue weighted by Gasteiger charge is -2.06. The molecule has 0 spiro atoms. The highest BCUT2D eigenvalue weighted by Crippen LogP contribution is 1.85. The van der Waals surface area contributed by atoms with Gasteiger partial charge in [0.2, 0.25) is 0 Å². The first-order valence-corrected chi connectivity index (χ1v) is 2.40. The van der Waals surface area contributed by atoms with E-state index >= 15 is 0 Å². The molecule has 48 valence electrons. The first-order valence-electron chi connectivity index (χ1n) is 1.16. The van der Waals surface area contributed by atoms with Crippen LogP contribution in [0.5, 0.6) is 0 Å². The van der Waals surface area contributed by atoms with Gasteiger partial charge in [-0.2, -0.15) is 14.0 Å². The lowest BCUT2D eigenvalue weighted by atomic mass is 13.1. The second kappa shape index (κ2) is 2.09. The Hall–Kier alpha value is -0.630. The summed E-state index contributed by atoms with van der Waals surface area (Å²) in [6.45, 7) is 0. The monoisotopic (exact) mass is 145 g/mol. The molecule has 0 saturated heterocycles. The van der Waals surface area contributed by atoms with Crippen molar-refractivity contribution in [1.82, 2.24) is 0 Å². The van der Waals surface area contributed by atoms with Gasteiger partial charge < -0.3 is 0 Å². The Morgan fingerprint density at radius 2 is 1.75 bits per heavy atom. The SMILES string of the molecule is O=[N+]([O-])O[Cl+3]([O-])([O-])[O-]. The molecule has 0 bridgehead atoms. The first-order chi connectivity index (χ1) is 3.42. The summed E-state index contributed by atoms with van der Waals surface area (Å²) in [4.78, 5) is 9.01. The van der Waals surface area contributed by atoms with E-state index in [-0.39, 0.29) is 0 Å². The minimum atomic E-state index is -4.92. The Balaban J connectivity index is 3.55. The van der Waals surface area contributed by atoms with E-state index in [1.54, 1.807) is 0 Å². The van der Waals surface area contributed by atoms with Crippen LogP contribution in [-0.4, -0.2) is 5.09 Å². The molecule has 0 amide bonds. The molecule has 0 saturated carbocycles. The van der Waals surface area contributed by atoms with Crippen molar-refractivity contribution in [3.8, 4) is 0 Å². The Bertz CT molecular complexity index is 91.2. The average Bonchev–Trinajstić information content (AvgIpc) is 1.21. The highest BCUT2D eigenvalue weighted by molar-refractivity contribution is 3.84. The van der Waals surface area contributed by atoms with Crippen molar-refractivity contribution >= 4 is 0 Å². The van der Waals surface area contributed by atoms with Crippen molar-refractivity contribution in [1.29, 1.82) is 0 Å². The van der Waals surface area contributed by atoms with Gasteiger partial charge in [-0.15, -0.1) is 0 Å². The third kappa shape index (κ3) is 5.37. The molecule has 0 aliphatic heterocycles. The quantitative estimate of drug-likeness (QED) is 0.289. The molecule has 7 nitrogen and oxygen atoms in total. The summed E-state index contributed by atoms with van der Waals surface area (Å²) in [5, 5.41) is 7.31. The van der Waals surface area contributed by atoms with Crippen LogP contribution in [0.15, 0.2) is 0 Å². The Kier molecular flexibility index (Phi) is 1.93. The molecule has 8 heteroatoms.